The maximum Gasteiger partial charge on any atom is 0.296 e. The lowest BCUT2D eigenvalue weighted by Crippen LogP contribution is -2.29. The number of carbonyl (C=O) groups is 2. The number of Topliss-reactive ketones (excluding diaryl/α,β-unsaturated/α-hetero) is 1. The summed E-state index contributed by atoms with van der Waals surface area (Å²) in [6.07, 6.45) is 3.25. The van der Waals surface area contributed by atoms with Crippen molar-refractivity contribution >= 4 is 28.4 Å². The molecule has 2 aromatic heterocycles. The van der Waals surface area contributed by atoms with Crippen molar-refractivity contribution in [1.82, 2.24) is 9.88 Å². The van der Waals surface area contributed by atoms with Gasteiger partial charge >= 0.3 is 0 Å². The summed E-state index contributed by atoms with van der Waals surface area (Å²) in [4.78, 5) is 31.6. The molecule has 1 fully saturated rings. The van der Waals surface area contributed by atoms with Gasteiger partial charge in [-0.2, -0.15) is 0 Å². The third-order valence-electron chi connectivity index (χ3n) is 6.85. The van der Waals surface area contributed by atoms with Crippen LogP contribution in [0.25, 0.3) is 16.7 Å². The Labute approximate surface area is 201 Å². The van der Waals surface area contributed by atoms with Crippen LogP contribution in [0, 0.1) is 6.92 Å². The van der Waals surface area contributed by atoms with E-state index in [-0.39, 0.29) is 17.9 Å². The largest absolute Gasteiger partial charge is 0.507 e. The first kappa shape index (κ1) is 21.3. The minimum atomic E-state index is -0.775. The molecule has 0 aliphatic carbocycles. The zero-order valence-corrected chi connectivity index (χ0v) is 19.2. The number of rotatable bonds is 4. The van der Waals surface area contributed by atoms with Crippen molar-refractivity contribution in [1.29, 1.82) is 0 Å². The Kier molecular flexibility index (Phi) is 4.99. The monoisotopic (exact) mass is 468 g/mol. The van der Waals surface area contributed by atoms with Gasteiger partial charge in [-0.3, -0.25) is 9.59 Å². The van der Waals surface area contributed by atoms with Crippen LogP contribution >= 0.6 is 0 Å². The van der Waals surface area contributed by atoms with Crippen molar-refractivity contribution in [2.24, 2.45) is 0 Å². The minimum Gasteiger partial charge on any atom is -0.507 e. The second-order valence-corrected chi connectivity index (χ2v) is 8.99. The molecule has 2 aromatic carbocycles. The van der Waals surface area contributed by atoms with Gasteiger partial charge in [-0.05, 0) is 61.7 Å². The second kappa shape index (κ2) is 8.20. The Hall–Kier alpha value is -4.26. The van der Waals surface area contributed by atoms with E-state index >= 15 is 0 Å². The first-order valence-corrected chi connectivity index (χ1v) is 11.7. The fraction of sp³-hybridized carbons (Fsp3) is 0.214. The zero-order chi connectivity index (χ0) is 24.1. The average Bonchev–Trinajstić information content (AvgIpc) is 3.56. The summed E-state index contributed by atoms with van der Waals surface area (Å²) in [5, 5.41) is 12.4. The van der Waals surface area contributed by atoms with Crippen LogP contribution in [0.1, 0.15) is 40.6 Å². The fourth-order valence-corrected chi connectivity index (χ4v) is 5.23. The molecule has 2 aliphatic heterocycles. The number of aromatic nitrogens is 1. The third-order valence-corrected chi connectivity index (χ3v) is 6.85. The number of hydrogen-bond donors (Lipinski definition) is 2. The standard InChI is InChI=1S/C28H24N2O5/c1-16-23(20-8-2-3-9-21(20)29-16)25-24(27(32)28(33)30(25)15-19-7-5-12-34-19)26(31)18-10-11-22-17(14-18)6-4-13-35-22/h2-3,5,7-12,14,25,29,31H,4,6,13,15H2,1H3/b26-24+. The number of fused-ring (bicyclic) bond motifs is 2. The van der Waals surface area contributed by atoms with Gasteiger partial charge in [0.1, 0.15) is 17.3 Å². The molecule has 1 saturated heterocycles. The van der Waals surface area contributed by atoms with E-state index in [4.69, 9.17) is 9.15 Å². The number of carbonyl (C=O) groups excluding carboxylic acids is 2. The Balaban J connectivity index is 1.56. The molecule has 7 nitrogen and oxygen atoms in total. The quantitative estimate of drug-likeness (QED) is 0.249. The summed E-state index contributed by atoms with van der Waals surface area (Å²) >= 11 is 0. The maximum absolute atomic E-state index is 13.4. The Bertz CT molecular complexity index is 1500. The molecular weight excluding hydrogens is 444 g/mol. The van der Waals surface area contributed by atoms with Crippen molar-refractivity contribution < 1.29 is 23.8 Å². The molecule has 2 aliphatic rings. The van der Waals surface area contributed by atoms with Crippen LogP contribution in [-0.4, -0.2) is 33.3 Å². The zero-order valence-electron chi connectivity index (χ0n) is 19.2. The molecule has 0 radical (unpaired) electrons. The van der Waals surface area contributed by atoms with Crippen LogP contribution in [0.5, 0.6) is 5.75 Å². The molecule has 0 saturated carbocycles. The lowest BCUT2D eigenvalue weighted by atomic mass is 9.92. The smallest absolute Gasteiger partial charge is 0.296 e. The van der Waals surface area contributed by atoms with Crippen molar-refractivity contribution in [3.8, 4) is 5.75 Å². The number of nitrogens with one attached hydrogen (secondary N) is 1. The molecule has 4 heterocycles. The number of H-pyrrole nitrogens is 1. The van der Waals surface area contributed by atoms with E-state index < -0.39 is 17.7 Å². The van der Waals surface area contributed by atoms with Gasteiger partial charge in [0.05, 0.1) is 31.0 Å². The van der Waals surface area contributed by atoms with Gasteiger partial charge in [0.25, 0.3) is 11.7 Å². The second-order valence-electron chi connectivity index (χ2n) is 8.99. The van der Waals surface area contributed by atoms with E-state index in [1.807, 2.05) is 43.3 Å². The molecule has 1 unspecified atom stereocenters. The lowest BCUT2D eigenvalue weighted by molar-refractivity contribution is -0.140. The summed E-state index contributed by atoms with van der Waals surface area (Å²) in [7, 11) is 0. The minimum absolute atomic E-state index is 0.0751. The van der Waals surface area contributed by atoms with Crippen LogP contribution in [0.3, 0.4) is 0 Å². The van der Waals surface area contributed by atoms with Gasteiger partial charge in [0, 0.05) is 27.7 Å². The number of aromatic amines is 1. The van der Waals surface area contributed by atoms with Gasteiger partial charge in [-0.15, -0.1) is 0 Å². The highest BCUT2D eigenvalue weighted by atomic mass is 16.5. The number of ether oxygens (including phenoxy) is 1. The molecule has 6 rings (SSSR count). The van der Waals surface area contributed by atoms with Gasteiger partial charge < -0.3 is 24.1 Å². The number of para-hydroxylation sites is 1. The first-order chi connectivity index (χ1) is 17.0. The van der Waals surface area contributed by atoms with Crippen molar-refractivity contribution in [3.63, 3.8) is 0 Å². The topological polar surface area (TPSA) is 95.8 Å². The van der Waals surface area contributed by atoms with Crippen LogP contribution < -0.4 is 4.74 Å². The van der Waals surface area contributed by atoms with Crippen molar-refractivity contribution in [2.75, 3.05) is 6.61 Å². The number of likely N-dealkylation sites (tertiary alicyclic amines) is 1. The number of aliphatic hydroxyl groups excluding tert-OH is 1. The number of amides is 1. The van der Waals surface area contributed by atoms with Crippen LogP contribution in [0.2, 0.25) is 0 Å². The number of aliphatic hydroxyl groups is 1. The van der Waals surface area contributed by atoms with E-state index in [2.05, 4.69) is 4.98 Å². The van der Waals surface area contributed by atoms with Crippen LogP contribution in [-0.2, 0) is 22.6 Å². The predicted octanol–water partition coefficient (Wildman–Crippen LogP) is 5.02. The number of hydrogen-bond acceptors (Lipinski definition) is 5. The molecule has 0 bridgehead atoms. The maximum atomic E-state index is 13.4. The molecule has 176 valence electrons. The molecule has 4 aromatic rings. The average molecular weight is 469 g/mol. The SMILES string of the molecule is Cc1[nH]c2ccccc2c1C1/C(=C(\O)c2ccc3c(c2)CCCO3)C(=O)C(=O)N1Cc1ccco1. The van der Waals surface area contributed by atoms with E-state index in [9.17, 15) is 14.7 Å². The molecule has 35 heavy (non-hydrogen) atoms. The number of benzene rings is 2. The summed E-state index contributed by atoms with van der Waals surface area (Å²) in [5.41, 5.74) is 4.06. The highest BCUT2D eigenvalue weighted by Crippen LogP contribution is 2.44. The van der Waals surface area contributed by atoms with Crippen LogP contribution in [0.15, 0.2) is 70.9 Å². The molecular formula is C28H24N2O5. The van der Waals surface area contributed by atoms with E-state index in [0.29, 0.717) is 17.9 Å². The normalized spacial score (nSPS) is 19.2. The van der Waals surface area contributed by atoms with Gasteiger partial charge in [0.15, 0.2) is 0 Å². The fourth-order valence-electron chi connectivity index (χ4n) is 5.23. The van der Waals surface area contributed by atoms with E-state index in [1.165, 1.54) is 11.2 Å². The highest BCUT2D eigenvalue weighted by Gasteiger charge is 2.47. The highest BCUT2D eigenvalue weighted by molar-refractivity contribution is 6.46. The molecule has 1 atom stereocenters. The molecule has 0 spiro atoms. The number of furan rings is 1. The van der Waals surface area contributed by atoms with Gasteiger partial charge in [0.2, 0.25) is 0 Å². The Morgan fingerprint density at radius 1 is 1.14 bits per heavy atom. The van der Waals surface area contributed by atoms with E-state index in [0.717, 1.165) is 46.3 Å². The molecule has 7 heteroatoms. The first-order valence-electron chi connectivity index (χ1n) is 11.7. The van der Waals surface area contributed by atoms with E-state index in [1.54, 1.807) is 18.2 Å². The van der Waals surface area contributed by atoms with Gasteiger partial charge in [-0.1, -0.05) is 18.2 Å². The summed E-state index contributed by atoms with van der Waals surface area (Å²) in [5.74, 6) is -0.222. The summed E-state index contributed by atoms with van der Waals surface area (Å²) in [6, 6.07) is 15.9. The number of ketones is 1. The summed E-state index contributed by atoms with van der Waals surface area (Å²) < 4.78 is 11.2. The molecule has 2 N–H and O–H groups in total. The third kappa shape index (κ3) is 3.43. The number of nitrogens with zero attached hydrogens (tertiary/aromatic N) is 1. The summed E-state index contributed by atoms with van der Waals surface area (Å²) in [6.45, 7) is 2.69. The van der Waals surface area contributed by atoms with Crippen molar-refractivity contribution in [3.05, 3.63) is 94.6 Å². The Morgan fingerprint density at radius 3 is 2.83 bits per heavy atom. The predicted molar refractivity (Wildman–Crippen MR) is 130 cm³/mol. The Morgan fingerprint density at radius 2 is 2.00 bits per heavy atom. The van der Waals surface area contributed by atoms with Crippen molar-refractivity contribution in [2.45, 2.75) is 32.4 Å². The van der Waals surface area contributed by atoms with Gasteiger partial charge in [-0.25, -0.2) is 0 Å². The molecule has 1 amide bonds. The number of aryl methyl sites for hydroxylation is 2. The van der Waals surface area contributed by atoms with Crippen LogP contribution in [0.4, 0.5) is 0 Å². The lowest BCUT2D eigenvalue weighted by Gasteiger charge is -2.25.